The molecule has 0 aromatic rings. The second kappa shape index (κ2) is 3.51. The minimum atomic E-state index is -0.837. The van der Waals surface area contributed by atoms with Crippen LogP contribution in [0, 0.1) is 5.92 Å². The summed E-state index contributed by atoms with van der Waals surface area (Å²) in [5.74, 6) is -0.641. The molecule has 0 amide bonds. The molecule has 1 rings (SSSR count). The van der Waals surface area contributed by atoms with E-state index in [1.807, 2.05) is 6.92 Å². The van der Waals surface area contributed by atoms with Gasteiger partial charge in [0.1, 0.15) is 5.71 Å². The molecular formula is C8H13NO2. The first-order chi connectivity index (χ1) is 5.25. The lowest BCUT2D eigenvalue weighted by Gasteiger charge is -2.18. The lowest BCUT2D eigenvalue weighted by atomic mass is 9.92. The minimum Gasteiger partial charge on any atom is -0.477 e. The molecule has 1 aliphatic rings. The number of carboxylic acid groups (broad SMARTS) is 1. The fourth-order valence-corrected chi connectivity index (χ4v) is 1.44. The van der Waals surface area contributed by atoms with Crippen LogP contribution in [0.4, 0.5) is 0 Å². The molecule has 0 saturated heterocycles. The molecule has 0 aromatic carbocycles. The fraction of sp³-hybridized carbons (Fsp3) is 0.750. The number of aliphatic imine (C=N–C) groups is 1. The second-order valence-corrected chi connectivity index (χ2v) is 2.82. The zero-order valence-electron chi connectivity index (χ0n) is 6.71. The number of carbonyl (C=O) groups is 1. The van der Waals surface area contributed by atoms with E-state index in [1.54, 1.807) is 0 Å². The van der Waals surface area contributed by atoms with Crippen molar-refractivity contribution in [3.63, 3.8) is 0 Å². The molecule has 1 aliphatic heterocycles. The van der Waals surface area contributed by atoms with Gasteiger partial charge in [0.25, 0.3) is 0 Å². The maximum atomic E-state index is 10.6. The molecule has 3 nitrogen and oxygen atoms in total. The quantitative estimate of drug-likeness (QED) is 0.654. The number of hydrogen-bond acceptors (Lipinski definition) is 2. The highest BCUT2D eigenvalue weighted by Gasteiger charge is 2.22. The molecule has 1 N–H and O–H groups in total. The molecular weight excluding hydrogens is 142 g/mol. The van der Waals surface area contributed by atoms with E-state index in [0.29, 0.717) is 12.3 Å². The molecule has 0 radical (unpaired) electrons. The molecule has 0 aliphatic carbocycles. The highest BCUT2D eigenvalue weighted by Crippen LogP contribution is 2.17. The maximum absolute atomic E-state index is 10.6. The summed E-state index contributed by atoms with van der Waals surface area (Å²) in [7, 11) is 0. The van der Waals surface area contributed by atoms with Crippen LogP contribution in [-0.2, 0) is 4.79 Å². The zero-order valence-corrected chi connectivity index (χ0v) is 6.71. The van der Waals surface area contributed by atoms with Gasteiger partial charge in [0.05, 0.1) is 0 Å². The minimum absolute atomic E-state index is 0.196. The van der Waals surface area contributed by atoms with Crippen LogP contribution >= 0.6 is 0 Å². The zero-order chi connectivity index (χ0) is 8.27. The average Bonchev–Trinajstić information content (AvgIpc) is 2.04. The van der Waals surface area contributed by atoms with Crippen molar-refractivity contribution in [2.24, 2.45) is 10.9 Å². The van der Waals surface area contributed by atoms with E-state index in [9.17, 15) is 4.79 Å². The summed E-state index contributed by atoms with van der Waals surface area (Å²) in [4.78, 5) is 14.6. The first-order valence-corrected chi connectivity index (χ1v) is 4.03. The van der Waals surface area contributed by atoms with Crippen LogP contribution in [0.25, 0.3) is 0 Å². The highest BCUT2D eigenvalue weighted by atomic mass is 16.4. The van der Waals surface area contributed by atoms with E-state index in [0.717, 1.165) is 19.3 Å². The third kappa shape index (κ3) is 1.79. The topological polar surface area (TPSA) is 49.7 Å². The molecule has 62 valence electrons. The Kier molecular flexibility index (Phi) is 2.63. The van der Waals surface area contributed by atoms with Gasteiger partial charge in [-0.2, -0.15) is 0 Å². The molecule has 0 aromatic heterocycles. The first-order valence-electron chi connectivity index (χ1n) is 4.03. The normalized spacial score (nSPS) is 24.5. The van der Waals surface area contributed by atoms with E-state index >= 15 is 0 Å². The van der Waals surface area contributed by atoms with Crippen LogP contribution < -0.4 is 0 Å². The van der Waals surface area contributed by atoms with Gasteiger partial charge in [-0.1, -0.05) is 6.92 Å². The van der Waals surface area contributed by atoms with Crippen LogP contribution in [0.1, 0.15) is 26.2 Å². The summed E-state index contributed by atoms with van der Waals surface area (Å²) < 4.78 is 0. The van der Waals surface area contributed by atoms with Crippen molar-refractivity contribution in [3.8, 4) is 0 Å². The van der Waals surface area contributed by atoms with Crippen LogP contribution in [0.3, 0.4) is 0 Å². The van der Waals surface area contributed by atoms with Crippen LogP contribution in [0.5, 0.6) is 0 Å². The van der Waals surface area contributed by atoms with Crippen LogP contribution in [-0.4, -0.2) is 23.3 Å². The summed E-state index contributed by atoms with van der Waals surface area (Å²) >= 11 is 0. The monoisotopic (exact) mass is 155 g/mol. The molecule has 0 bridgehead atoms. The number of rotatable bonds is 2. The highest BCUT2D eigenvalue weighted by molar-refractivity contribution is 6.36. The van der Waals surface area contributed by atoms with Gasteiger partial charge in [-0.15, -0.1) is 0 Å². The van der Waals surface area contributed by atoms with Crippen molar-refractivity contribution in [1.82, 2.24) is 0 Å². The number of hydrogen-bond donors (Lipinski definition) is 1. The van der Waals surface area contributed by atoms with Gasteiger partial charge in [-0.25, -0.2) is 4.79 Å². The van der Waals surface area contributed by atoms with Crippen molar-refractivity contribution in [3.05, 3.63) is 0 Å². The third-order valence-electron chi connectivity index (χ3n) is 2.09. The van der Waals surface area contributed by atoms with Gasteiger partial charge >= 0.3 is 5.97 Å². The molecule has 3 heteroatoms. The Bertz CT molecular complexity index is 187. The fourth-order valence-electron chi connectivity index (χ4n) is 1.44. The van der Waals surface area contributed by atoms with Crippen molar-refractivity contribution in [2.75, 3.05) is 6.54 Å². The average molecular weight is 155 g/mol. The smallest absolute Gasteiger partial charge is 0.350 e. The maximum Gasteiger partial charge on any atom is 0.350 e. The Hall–Kier alpha value is -0.860. The van der Waals surface area contributed by atoms with Gasteiger partial charge in [0, 0.05) is 12.5 Å². The predicted molar refractivity (Wildman–Crippen MR) is 43.0 cm³/mol. The van der Waals surface area contributed by atoms with Crippen LogP contribution in [0.15, 0.2) is 4.99 Å². The van der Waals surface area contributed by atoms with Gasteiger partial charge in [-0.05, 0) is 19.3 Å². The summed E-state index contributed by atoms with van der Waals surface area (Å²) in [6.45, 7) is 2.70. The van der Waals surface area contributed by atoms with E-state index in [-0.39, 0.29) is 5.92 Å². The largest absolute Gasteiger partial charge is 0.477 e. The third-order valence-corrected chi connectivity index (χ3v) is 2.09. The lowest BCUT2D eigenvalue weighted by molar-refractivity contribution is -0.129. The molecule has 1 atom stereocenters. The summed E-state index contributed by atoms with van der Waals surface area (Å²) in [5, 5.41) is 8.71. The van der Waals surface area contributed by atoms with Crippen molar-refractivity contribution < 1.29 is 9.90 Å². The Morgan fingerprint density at radius 2 is 2.55 bits per heavy atom. The summed E-state index contributed by atoms with van der Waals surface area (Å²) in [6, 6.07) is 0. The molecule has 1 unspecified atom stereocenters. The molecule has 0 fully saturated rings. The summed E-state index contributed by atoms with van der Waals surface area (Å²) in [5.41, 5.74) is 0.388. The Morgan fingerprint density at radius 1 is 1.82 bits per heavy atom. The lowest BCUT2D eigenvalue weighted by Crippen LogP contribution is -2.26. The number of nitrogens with zero attached hydrogens (tertiary/aromatic N) is 1. The predicted octanol–water partition coefficient (Wildman–Crippen LogP) is 1.33. The SMILES string of the molecule is CCC1CCCN=C1C(=O)O. The number of carboxylic acids is 1. The first kappa shape index (κ1) is 8.24. The second-order valence-electron chi connectivity index (χ2n) is 2.82. The number of aliphatic carboxylic acids is 1. The molecule has 0 saturated carbocycles. The molecule has 11 heavy (non-hydrogen) atoms. The van der Waals surface area contributed by atoms with Gasteiger partial charge in [0.15, 0.2) is 0 Å². The van der Waals surface area contributed by atoms with Gasteiger partial charge in [0.2, 0.25) is 0 Å². The molecule has 0 spiro atoms. The Balaban J connectivity index is 2.71. The van der Waals surface area contributed by atoms with E-state index in [4.69, 9.17) is 5.11 Å². The van der Waals surface area contributed by atoms with Crippen molar-refractivity contribution in [2.45, 2.75) is 26.2 Å². The van der Waals surface area contributed by atoms with E-state index in [1.165, 1.54) is 0 Å². The van der Waals surface area contributed by atoms with Gasteiger partial charge < -0.3 is 5.11 Å². The molecule has 1 heterocycles. The standard InChI is InChI=1S/C8H13NO2/c1-2-6-4-3-5-9-7(6)8(10)11/h6H,2-5H2,1H3,(H,10,11). The van der Waals surface area contributed by atoms with Crippen LogP contribution in [0.2, 0.25) is 0 Å². The van der Waals surface area contributed by atoms with Crippen molar-refractivity contribution >= 4 is 11.7 Å². The van der Waals surface area contributed by atoms with E-state index in [2.05, 4.69) is 4.99 Å². The van der Waals surface area contributed by atoms with Gasteiger partial charge in [-0.3, -0.25) is 4.99 Å². The van der Waals surface area contributed by atoms with Crippen molar-refractivity contribution in [1.29, 1.82) is 0 Å². The summed E-state index contributed by atoms with van der Waals surface area (Å²) in [6.07, 6.45) is 2.92. The van der Waals surface area contributed by atoms with E-state index < -0.39 is 5.97 Å². The Labute approximate surface area is 66.1 Å². The Morgan fingerprint density at radius 3 is 3.00 bits per heavy atom.